The van der Waals surface area contributed by atoms with Gasteiger partial charge in [-0.3, -0.25) is 0 Å². The highest BCUT2D eigenvalue weighted by Crippen LogP contribution is 2.25. The molecule has 0 saturated carbocycles. The van der Waals surface area contributed by atoms with Crippen LogP contribution in [0.15, 0.2) is 78.9 Å². The number of hydrogen-bond acceptors (Lipinski definition) is 3. The summed E-state index contributed by atoms with van der Waals surface area (Å²) in [6.07, 6.45) is 2.68. The molecular weight excluding hydrogens is 360 g/mol. The average Bonchev–Trinajstić information content (AvgIpc) is 2.78. The monoisotopic (exact) mass is 388 g/mol. The molecule has 3 aromatic carbocycles. The molecule has 3 aromatic rings. The van der Waals surface area contributed by atoms with E-state index in [9.17, 15) is 4.79 Å². The van der Waals surface area contributed by atoms with Crippen molar-refractivity contribution in [2.45, 2.75) is 39.2 Å². The minimum absolute atomic E-state index is 0.233. The molecular formula is C26H28O3. The molecule has 1 unspecified atom stereocenters. The van der Waals surface area contributed by atoms with E-state index in [0.717, 1.165) is 48.3 Å². The van der Waals surface area contributed by atoms with Crippen LogP contribution in [0.25, 0.3) is 11.1 Å². The third-order valence-electron chi connectivity index (χ3n) is 4.87. The van der Waals surface area contributed by atoms with Gasteiger partial charge in [-0.05, 0) is 53.8 Å². The summed E-state index contributed by atoms with van der Waals surface area (Å²) in [7, 11) is 0. The first-order valence-electron chi connectivity index (χ1n) is 10.3. The third-order valence-corrected chi connectivity index (χ3v) is 4.87. The number of unbranched alkanes of at least 4 members (excludes halogenated alkanes) is 1. The third kappa shape index (κ3) is 5.71. The van der Waals surface area contributed by atoms with Gasteiger partial charge in [-0.15, -0.1) is 0 Å². The zero-order valence-corrected chi connectivity index (χ0v) is 17.1. The number of carbonyl (C=O) groups excluding carboxylic acids is 1. The molecule has 0 N–H and O–H groups in total. The Hall–Kier alpha value is -3.07. The highest BCUT2D eigenvalue weighted by Gasteiger charge is 2.16. The molecule has 0 spiro atoms. The van der Waals surface area contributed by atoms with E-state index < -0.39 is 0 Å². The molecule has 0 amide bonds. The summed E-state index contributed by atoms with van der Waals surface area (Å²) in [5.74, 6) is 0.584. The zero-order chi connectivity index (χ0) is 20.5. The van der Waals surface area contributed by atoms with Crippen LogP contribution in [-0.2, 0) is 4.74 Å². The van der Waals surface area contributed by atoms with Crippen molar-refractivity contribution in [3.8, 4) is 16.9 Å². The van der Waals surface area contributed by atoms with E-state index in [1.165, 1.54) is 0 Å². The molecule has 1 atom stereocenters. The lowest BCUT2D eigenvalue weighted by atomic mass is 10.0. The fraction of sp³-hybridized carbons (Fsp3) is 0.269. The van der Waals surface area contributed by atoms with E-state index in [1.54, 1.807) is 0 Å². The fourth-order valence-electron chi connectivity index (χ4n) is 3.13. The van der Waals surface area contributed by atoms with E-state index in [1.807, 2.05) is 85.8 Å². The normalized spacial score (nSPS) is 11.7. The molecule has 150 valence electrons. The number of carbonyl (C=O) groups is 1. The summed E-state index contributed by atoms with van der Waals surface area (Å²) in [6, 6.07) is 25.4. The molecule has 0 fully saturated rings. The number of esters is 1. The van der Waals surface area contributed by atoms with Gasteiger partial charge in [-0.2, -0.15) is 0 Å². The molecule has 0 aliphatic heterocycles. The quantitative estimate of drug-likeness (QED) is 0.297. The molecule has 3 rings (SSSR count). The lowest BCUT2D eigenvalue weighted by Crippen LogP contribution is -2.11. The van der Waals surface area contributed by atoms with E-state index in [4.69, 9.17) is 9.47 Å². The van der Waals surface area contributed by atoms with Gasteiger partial charge in [0.25, 0.3) is 0 Å². The minimum Gasteiger partial charge on any atom is -0.494 e. The Balaban J connectivity index is 1.64. The molecule has 3 nitrogen and oxygen atoms in total. The summed E-state index contributed by atoms with van der Waals surface area (Å²) >= 11 is 0. The van der Waals surface area contributed by atoms with E-state index in [-0.39, 0.29) is 12.1 Å². The van der Waals surface area contributed by atoms with Gasteiger partial charge in [-0.1, -0.05) is 74.9 Å². The number of ether oxygens (including phenoxy) is 2. The maximum Gasteiger partial charge on any atom is 0.338 e. The number of hydrogen-bond donors (Lipinski definition) is 0. The Morgan fingerprint density at radius 1 is 0.828 bits per heavy atom. The Labute approximate surface area is 173 Å². The predicted octanol–water partition coefficient (Wildman–Crippen LogP) is 6.84. The number of rotatable bonds is 9. The lowest BCUT2D eigenvalue weighted by molar-refractivity contribution is 0.0288. The maximum atomic E-state index is 12.6. The van der Waals surface area contributed by atoms with Crippen LogP contribution in [0.4, 0.5) is 0 Å². The standard InChI is InChI=1S/C26H28O3/c1-3-5-19-28-24-17-15-21(16-18-24)20-11-13-23(14-12-20)26(27)29-25(4-2)22-9-7-6-8-10-22/h6-18,25H,3-5,19H2,1-2H3. The molecule has 0 radical (unpaired) electrons. The van der Waals surface area contributed by atoms with Crippen molar-refractivity contribution in [1.29, 1.82) is 0 Å². The van der Waals surface area contributed by atoms with Crippen LogP contribution < -0.4 is 4.74 Å². The molecule has 0 saturated heterocycles. The molecule has 0 aromatic heterocycles. The zero-order valence-electron chi connectivity index (χ0n) is 17.1. The first kappa shape index (κ1) is 20.7. The molecule has 0 bridgehead atoms. The second-order valence-corrected chi connectivity index (χ2v) is 7.02. The SMILES string of the molecule is CCCCOc1ccc(-c2ccc(C(=O)OC(CC)c3ccccc3)cc2)cc1. The first-order chi connectivity index (χ1) is 14.2. The van der Waals surface area contributed by atoms with Gasteiger partial charge in [0.1, 0.15) is 11.9 Å². The van der Waals surface area contributed by atoms with Crippen molar-refractivity contribution in [3.05, 3.63) is 90.0 Å². The largest absolute Gasteiger partial charge is 0.494 e. The summed E-state index contributed by atoms with van der Waals surface area (Å²) in [6.45, 7) is 4.91. The van der Waals surface area contributed by atoms with Crippen molar-refractivity contribution in [2.24, 2.45) is 0 Å². The number of benzene rings is 3. The second kappa shape index (κ2) is 10.5. The van der Waals surface area contributed by atoms with Crippen molar-refractivity contribution in [3.63, 3.8) is 0 Å². The van der Waals surface area contributed by atoms with Crippen molar-refractivity contribution in [1.82, 2.24) is 0 Å². The first-order valence-corrected chi connectivity index (χ1v) is 10.3. The van der Waals surface area contributed by atoms with Gasteiger partial charge in [-0.25, -0.2) is 4.79 Å². The van der Waals surface area contributed by atoms with Crippen molar-refractivity contribution >= 4 is 5.97 Å². The Kier molecular flexibility index (Phi) is 7.46. The van der Waals surface area contributed by atoms with Crippen LogP contribution in [0.5, 0.6) is 5.75 Å². The van der Waals surface area contributed by atoms with Gasteiger partial charge in [0, 0.05) is 0 Å². The molecule has 0 heterocycles. The second-order valence-electron chi connectivity index (χ2n) is 7.02. The van der Waals surface area contributed by atoms with Gasteiger partial charge >= 0.3 is 5.97 Å². The summed E-state index contributed by atoms with van der Waals surface area (Å²) in [4.78, 5) is 12.6. The van der Waals surface area contributed by atoms with Crippen molar-refractivity contribution < 1.29 is 14.3 Å². The van der Waals surface area contributed by atoms with Crippen LogP contribution in [-0.4, -0.2) is 12.6 Å². The molecule has 0 aliphatic rings. The fourth-order valence-corrected chi connectivity index (χ4v) is 3.13. The predicted molar refractivity (Wildman–Crippen MR) is 117 cm³/mol. The van der Waals surface area contributed by atoms with Crippen LogP contribution in [0.3, 0.4) is 0 Å². The summed E-state index contributed by atoms with van der Waals surface area (Å²) in [5.41, 5.74) is 3.71. The smallest absolute Gasteiger partial charge is 0.338 e. The van der Waals surface area contributed by atoms with Gasteiger partial charge in [0.2, 0.25) is 0 Å². The highest BCUT2D eigenvalue weighted by molar-refractivity contribution is 5.90. The molecule has 0 aliphatic carbocycles. The van der Waals surface area contributed by atoms with Gasteiger partial charge in [0.15, 0.2) is 0 Å². The molecule has 3 heteroatoms. The molecule has 29 heavy (non-hydrogen) atoms. The summed E-state index contributed by atoms with van der Waals surface area (Å²) in [5, 5.41) is 0. The topological polar surface area (TPSA) is 35.5 Å². The van der Waals surface area contributed by atoms with Crippen LogP contribution in [0, 0.1) is 0 Å². The van der Waals surface area contributed by atoms with E-state index in [2.05, 4.69) is 6.92 Å². The highest BCUT2D eigenvalue weighted by atomic mass is 16.5. The van der Waals surface area contributed by atoms with Gasteiger partial charge < -0.3 is 9.47 Å². The van der Waals surface area contributed by atoms with E-state index >= 15 is 0 Å². The van der Waals surface area contributed by atoms with Crippen LogP contribution in [0.2, 0.25) is 0 Å². The Morgan fingerprint density at radius 3 is 2.03 bits per heavy atom. The lowest BCUT2D eigenvalue weighted by Gasteiger charge is -2.16. The van der Waals surface area contributed by atoms with Crippen LogP contribution >= 0.6 is 0 Å². The van der Waals surface area contributed by atoms with Crippen LogP contribution in [0.1, 0.15) is 55.1 Å². The van der Waals surface area contributed by atoms with Gasteiger partial charge in [0.05, 0.1) is 12.2 Å². The Morgan fingerprint density at radius 2 is 1.45 bits per heavy atom. The average molecular weight is 389 g/mol. The minimum atomic E-state index is -0.299. The summed E-state index contributed by atoms with van der Waals surface area (Å²) < 4.78 is 11.4. The maximum absolute atomic E-state index is 12.6. The van der Waals surface area contributed by atoms with E-state index in [0.29, 0.717) is 5.56 Å². The van der Waals surface area contributed by atoms with Crippen molar-refractivity contribution in [2.75, 3.05) is 6.61 Å². The Bertz CT molecular complexity index is 884.